The summed E-state index contributed by atoms with van der Waals surface area (Å²) in [6, 6.07) is 6.05. The second kappa shape index (κ2) is 5.45. The molecule has 0 aliphatic heterocycles. The molecule has 0 amide bonds. The monoisotopic (exact) mass is 301 g/mol. The Morgan fingerprint density at radius 1 is 1.00 bits per heavy atom. The first kappa shape index (κ1) is 14.3. The lowest BCUT2D eigenvalue weighted by Crippen LogP contribution is -2.15. The van der Waals surface area contributed by atoms with Crippen LogP contribution >= 0.6 is 23.2 Å². The normalized spacial score (nSPS) is 12.5. The molecule has 1 unspecified atom stereocenters. The van der Waals surface area contributed by atoms with Crippen molar-refractivity contribution in [1.82, 2.24) is 0 Å². The highest BCUT2D eigenvalue weighted by molar-refractivity contribution is 6.33. The minimum Gasteiger partial charge on any atom is -0.320 e. The number of hydrogen-bond donors (Lipinski definition) is 1. The number of nitrogens with two attached hydrogens (primary N) is 1. The Bertz CT molecular complexity index is 629. The summed E-state index contributed by atoms with van der Waals surface area (Å²) in [6.45, 7) is 1.49. The minimum absolute atomic E-state index is 0.0484. The first-order chi connectivity index (χ1) is 8.90. The zero-order chi connectivity index (χ0) is 14.2. The predicted molar refractivity (Wildman–Crippen MR) is 73.6 cm³/mol. The molecule has 5 heteroatoms. The van der Waals surface area contributed by atoms with Gasteiger partial charge in [0.2, 0.25) is 0 Å². The van der Waals surface area contributed by atoms with Crippen molar-refractivity contribution in [3.63, 3.8) is 0 Å². The Kier molecular flexibility index (Phi) is 4.09. The van der Waals surface area contributed by atoms with Crippen molar-refractivity contribution < 1.29 is 8.78 Å². The summed E-state index contributed by atoms with van der Waals surface area (Å²) >= 11 is 11.9. The number of hydrogen-bond acceptors (Lipinski definition) is 1. The molecule has 0 saturated heterocycles. The van der Waals surface area contributed by atoms with Gasteiger partial charge >= 0.3 is 0 Å². The Balaban J connectivity index is 2.52. The molecule has 0 fully saturated rings. The van der Waals surface area contributed by atoms with E-state index in [9.17, 15) is 8.78 Å². The molecule has 100 valence electrons. The fourth-order valence-electron chi connectivity index (χ4n) is 1.82. The van der Waals surface area contributed by atoms with E-state index in [1.165, 1.54) is 6.92 Å². The third kappa shape index (κ3) is 2.89. The third-order valence-corrected chi connectivity index (χ3v) is 3.49. The molecule has 2 rings (SSSR count). The topological polar surface area (TPSA) is 26.0 Å². The molecular formula is C14H11Cl2F2N. The van der Waals surface area contributed by atoms with Gasteiger partial charge in [-0.3, -0.25) is 0 Å². The lowest BCUT2D eigenvalue weighted by molar-refractivity contribution is 0.571. The van der Waals surface area contributed by atoms with E-state index in [1.54, 1.807) is 18.2 Å². The van der Waals surface area contributed by atoms with Gasteiger partial charge in [-0.2, -0.15) is 0 Å². The van der Waals surface area contributed by atoms with Gasteiger partial charge in [0, 0.05) is 15.6 Å². The maximum absolute atomic E-state index is 13.9. The average molecular weight is 302 g/mol. The van der Waals surface area contributed by atoms with Gasteiger partial charge in [0.25, 0.3) is 0 Å². The average Bonchev–Trinajstić information content (AvgIpc) is 2.36. The van der Waals surface area contributed by atoms with Crippen LogP contribution in [0.15, 0.2) is 30.3 Å². The van der Waals surface area contributed by atoms with Crippen molar-refractivity contribution in [2.75, 3.05) is 0 Å². The number of halogens is 4. The number of rotatable bonds is 2. The maximum atomic E-state index is 13.9. The Morgan fingerprint density at radius 2 is 1.68 bits per heavy atom. The number of benzene rings is 2. The van der Waals surface area contributed by atoms with Crippen LogP contribution in [-0.2, 0) is 0 Å². The van der Waals surface area contributed by atoms with Crippen LogP contribution in [0.2, 0.25) is 10.0 Å². The van der Waals surface area contributed by atoms with Gasteiger partial charge in [0.15, 0.2) is 0 Å². The molecule has 0 saturated carbocycles. The molecule has 0 aliphatic rings. The second-order valence-corrected chi connectivity index (χ2v) is 5.11. The van der Waals surface area contributed by atoms with Gasteiger partial charge in [0.1, 0.15) is 11.6 Å². The second-order valence-electron chi connectivity index (χ2n) is 4.27. The van der Waals surface area contributed by atoms with Crippen molar-refractivity contribution in [2.45, 2.75) is 13.0 Å². The van der Waals surface area contributed by atoms with E-state index in [0.717, 1.165) is 12.1 Å². The van der Waals surface area contributed by atoms with Crippen LogP contribution in [0, 0.1) is 18.6 Å². The highest BCUT2D eigenvalue weighted by atomic mass is 35.5. The molecule has 0 bridgehead atoms. The Hall–Kier alpha value is -1.16. The van der Waals surface area contributed by atoms with Crippen LogP contribution in [-0.4, -0.2) is 0 Å². The van der Waals surface area contributed by atoms with E-state index in [4.69, 9.17) is 28.9 Å². The predicted octanol–water partition coefficient (Wildman–Crippen LogP) is 4.63. The molecule has 1 nitrogen and oxygen atoms in total. The largest absolute Gasteiger partial charge is 0.320 e. The highest BCUT2D eigenvalue weighted by Gasteiger charge is 2.18. The van der Waals surface area contributed by atoms with Gasteiger partial charge in [-0.25, -0.2) is 8.78 Å². The van der Waals surface area contributed by atoms with Gasteiger partial charge in [-0.1, -0.05) is 23.2 Å². The van der Waals surface area contributed by atoms with Crippen molar-refractivity contribution >= 4 is 23.2 Å². The van der Waals surface area contributed by atoms with Crippen molar-refractivity contribution in [3.8, 4) is 0 Å². The highest BCUT2D eigenvalue weighted by Crippen LogP contribution is 2.31. The molecule has 0 aromatic heterocycles. The lowest BCUT2D eigenvalue weighted by atomic mass is 9.98. The molecule has 2 aromatic rings. The zero-order valence-electron chi connectivity index (χ0n) is 10.1. The SMILES string of the molecule is Cc1cc(F)c(C(N)c2cc(Cl)ccc2Cl)cc1F. The van der Waals surface area contributed by atoms with E-state index in [0.29, 0.717) is 15.6 Å². The third-order valence-electron chi connectivity index (χ3n) is 2.91. The van der Waals surface area contributed by atoms with Gasteiger partial charge in [-0.15, -0.1) is 0 Å². The molecule has 0 aliphatic carbocycles. The fraction of sp³-hybridized carbons (Fsp3) is 0.143. The zero-order valence-corrected chi connectivity index (χ0v) is 11.6. The summed E-state index contributed by atoms with van der Waals surface area (Å²) < 4.78 is 27.4. The van der Waals surface area contributed by atoms with Crippen molar-refractivity contribution in [2.24, 2.45) is 5.73 Å². The van der Waals surface area contributed by atoms with Gasteiger partial charge in [-0.05, 0) is 48.4 Å². The van der Waals surface area contributed by atoms with Gasteiger partial charge in [0.05, 0.1) is 6.04 Å². The summed E-state index contributed by atoms with van der Waals surface area (Å²) in [5.41, 5.74) is 6.69. The summed E-state index contributed by atoms with van der Waals surface area (Å²) in [4.78, 5) is 0. The van der Waals surface area contributed by atoms with E-state index in [1.807, 2.05) is 0 Å². The van der Waals surface area contributed by atoms with Crippen molar-refractivity contribution in [3.05, 3.63) is 68.7 Å². The van der Waals surface area contributed by atoms with E-state index in [-0.39, 0.29) is 11.1 Å². The standard InChI is InChI=1S/C14H11Cl2F2N/c1-7-4-13(18)10(6-12(7)17)14(19)9-5-8(15)2-3-11(9)16/h2-6,14H,19H2,1H3. The van der Waals surface area contributed by atoms with Crippen LogP contribution in [0.5, 0.6) is 0 Å². The first-order valence-electron chi connectivity index (χ1n) is 5.56. The lowest BCUT2D eigenvalue weighted by Gasteiger charge is -2.16. The van der Waals surface area contributed by atoms with Crippen LogP contribution in [0.4, 0.5) is 8.78 Å². The summed E-state index contributed by atoms with van der Waals surface area (Å²) in [5.74, 6) is -1.08. The summed E-state index contributed by atoms with van der Waals surface area (Å²) in [5, 5.41) is 0.792. The van der Waals surface area contributed by atoms with Crippen LogP contribution in [0.3, 0.4) is 0 Å². The fourth-order valence-corrected chi connectivity index (χ4v) is 2.24. The summed E-state index contributed by atoms with van der Waals surface area (Å²) in [6.07, 6.45) is 0. The molecule has 19 heavy (non-hydrogen) atoms. The molecule has 0 radical (unpaired) electrons. The molecule has 1 atom stereocenters. The summed E-state index contributed by atoms with van der Waals surface area (Å²) in [7, 11) is 0. The molecule has 2 N–H and O–H groups in total. The Morgan fingerprint density at radius 3 is 2.37 bits per heavy atom. The Labute approximate surface area is 119 Å². The van der Waals surface area contributed by atoms with Crippen molar-refractivity contribution in [1.29, 1.82) is 0 Å². The van der Waals surface area contributed by atoms with E-state index in [2.05, 4.69) is 0 Å². The van der Waals surface area contributed by atoms with Crippen LogP contribution in [0.1, 0.15) is 22.7 Å². The molecule has 0 spiro atoms. The number of aryl methyl sites for hydroxylation is 1. The molecular weight excluding hydrogens is 291 g/mol. The molecule has 2 aromatic carbocycles. The van der Waals surface area contributed by atoms with E-state index < -0.39 is 17.7 Å². The molecule has 0 heterocycles. The van der Waals surface area contributed by atoms with Gasteiger partial charge < -0.3 is 5.73 Å². The van der Waals surface area contributed by atoms with E-state index >= 15 is 0 Å². The van der Waals surface area contributed by atoms with Crippen LogP contribution < -0.4 is 5.73 Å². The first-order valence-corrected chi connectivity index (χ1v) is 6.32. The van der Waals surface area contributed by atoms with Crippen LogP contribution in [0.25, 0.3) is 0 Å². The maximum Gasteiger partial charge on any atom is 0.128 e. The smallest absolute Gasteiger partial charge is 0.128 e. The minimum atomic E-state index is -0.874. The quantitative estimate of drug-likeness (QED) is 0.860.